The minimum atomic E-state index is -3.58. The Morgan fingerprint density at radius 1 is 1.07 bits per heavy atom. The van der Waals surface area contributed by atoms with E-state index in [0.717, 1.165) is 66.2 Å². The molecule has 0 spiro atoms. The Bertz CT molecular complexity index is 967. The molecule has 1 heterocycles. The molecule has 2 aliphatic rings. The van der Waals surface area contributed by atoms with Gasteiger partial charge < -0.3 is 4.98 Å². The van der Waals surface area contributed by atoms with Crippen molar-refractivity contribution in [2.45, 2.75) is 82.1 Å². The molecule has 2 aliphatic carbocycles. The third-order valence-corrected chi connectivity index (χ3v) is 7.62. The Morgan fingerprint density at radius 3 is 2.52 bits per heavy atom. The van der Waals surface area contributed by atoms with Crippen LogP contribution in [0.5, 0.6) is 0 Å². The molecule has 0 amide bonds. The standard InChI is InChI=1S/C21H28N2O3S/c1-2-14-12-16-18(22-17-10-7-11-19(24)21(16)17)13-20(14)27(25,26)23-15-8-5-3-4-6-9-15/h12-13,15,22-23H,2-11H2,1H3. The lowest BCUT2D eigenvalue weighted by atomic mass is 9.94. The van der Waals surface area contributed by atoms with Gasteiger partial charge in [-0.1, -0.05) is 32.6 Å². The van der Waals surface area contributed by atoms with Crippen molar-refractivity contribution in [3.63, 3.8) is 0 Å². The predicted octanol–water partition coefficient (Wildman–Crippen LogP) is 4.25. The molecule has 6 heteroatoms. The molecule has 1 saturated carbocycles. The molecule has 27 heavy (non-hydrogen) atoms. The molecule has 2 aromatic rings. The lowest BCUT2D eigenvalue weighted by Crippen LogP contribution is -2.34. The summed E-state index contributed by atoms with van der Waals surface area (Å²) in [5.74, 6) is 0.164. The number of H-pyrrole nitrogens is 1. The second kappa shape index (κ2) is 7.40. The molecule has 0 bridgehead atoms. The summed E-state index contributed by atoms with van der Waals surface area (Å²) in [5, 5.41) is 0.875. The van der Waals surface area contributed by atoms with Crippen LogP contribution in [0.3, 0.4) is 0 Å². The molecule has 0 aliphatic heterocycles. The van der Waals surface area contributed by atoms with E-state index in [1.165, 1.54) is 12.8 Å². The van der Waals surface area contributed by atoms with Gasteiger partial charge in [-0.25, -0.2) is 13.1 Å². The minimum Gasteiger partial charge on any atom is -0.358 e. The van der Waals surface area contributed by atoms with Crippen LogP contribution in [0.4, 0.5) is 0 Å². The number of Topliss-reactive ketones (excluding diaryl/α,β-unsaturated/α-hetero) is 1. The second-order valence-electron chi connectivity index (χ2n) is 7.92. The van der Waals surface area contributed by atoms with Crippen LogP contribution < -0.4 is 4.72 Å². The third kappa shape index (κ3) is 3.57. The number of fused-ring (bicyclic) bond motifs is 3. The van der Waals surface area contributed by atoms with E-state index in [1.807, 2.05) is 13.0 Å². The summed E-state index contributed by atoms with van der Waals surface area (Å²) in [6.07, 6.45) is 9.25. The number of rotatable bonds is 4. The molecular formula is C21H28N2O3S. The molecule has 1 aromatic carbocycles. The van der Waals surface area contributed by atoms with Crippen molar-refractivity contribution in [2.75, 3.05) is 0 Å². The highest BCUT2D eigenvalue weighted by Gasteiger charge is 2.27. The number of sulfonamides is 1. The number of aromatic amines is 1. The summed E-state index contributed by atoms with van der Waals surface area (Å²) < 4.78 is 29.3. The lowest BCUT2D eigenvalue weighted by molar-refractivity contribution is 0.0974. The highest BCUT2D eigenvalue weighted by Crippen LogP contribution is 2.33. The predicted molar refractivity (Wildman–Crippen MR) is 107 cm³/mol. The van der Waals surface area contributed by atoms with Crippen molar-refractivity contribution in [1.82, 2.24) is 9.71 Å². The monoisotopic (exact) mass is 388 g/mol. The summed E-state index contributed by atoms with van der Waals surface area (Å²) >= 11 is 0. The van der Waals surface area contributed by atoms with Crippen LogP contribution in [0.25, 0.3) is 10.9 Å². The molecule has 146 valence electrons. The normalized spacial score (nSPS) is 19.2. The summed E-state index contributed by atoms with van der Waals surface area (Å²) in [5.41, 5.74) is 3.26. The SMILES string of the molecule is CCc1cc2c3c([nH]c2cc1S(=O)(=O)NC1CCCCCC1)CCCC3=O. The van der Waals surface area contributed by atoms with Gasteiger partial charge in [0.15, 0.2) is 5.78 Å². The molecular weight excluding hydrogens is 360 g/mol. The van der Waals surface area contributed by atoms with E-state index >= 15 is 0 Å². The van der Waals surface area contributed by atoms with Gasteiger partial charge in [-0.2, -0.15) is 0 Å². The van der Waals surface area contributed by atoms with Crippen LogP contribution in [0, 0.1) is 0 Å². The van der Waals surface area contributed by atoms with Crippen molar-refractivity contribution < 1.29 is 13.2 Å². The van der Waals surface area contributed by atoms with Gasteiger partial charge in [0.1, 0.15) is 0 Å². The summed E-state index contributed by atoms with van der Waals surface area (Å²) in [6.45, 7) is 1.97. The maximum Gasteiger partial charge on any atom is 0.241 e. The van der Waals surface area contributed by atoms with E-state index in [4.69, 9.17) is 0 Å². The molecule has 0 unspecified atom stereocenters. The number of carbonyl (C=O) groups excluding carboxylic acids is 1. The number of ketones is 1. The first kappa shape index (κ1) is 18.7. The first-order chi connectivity index (χ1) is 13.0. The van der Waals surface area contributed by atoms with E-state index in [1.54, 1.807) is 6.07 Å². The maximum atomic E-state index is 13.2. The molecule has 0 saturated heterocycles. The number of aryl methyl sites for hydroxylation is 2. The molecule has 1 fully saturated rings. The van der Waals surface area contributed by atoms with Crippen molar-refractivity contribution in [3.8, 4) is 0 Å². The molecule has 0 radical (unpaired) electrons. The van der Waals surface area contributed by atoms with Gasteiger partial charge in [-0.05, 0) is 49.8 Å². The molecule has 5 nitrogen and oxygen atoms in total. The fourth-order valence-corrected chi connectivity index (χ4v) is 6.21. The number of hydrogen-bond acceptors (Lipinski definition) is 3. The zero-order chi connectivity index (χ0) is 19.0. The fourth-order valence-electron chi connectivity index (χ4n) is 4.59. The average molecular weight is 389 g/mol. The Labute approximate surface area is 161 Å². The summed E-state index contributed by atoms with van der Waals surface area (Å²) in [7, 11) is -3.58. The molecule has 2 N–H and O–H groups in total. The second-order valence-corrected chi connectivity index (χ2v) is 9.61. The van der Waals surface area contributed by atoms with E-state index in [0.29, 0.717) is 17.7 Å². The van der Waals surface area contributed by atoms with Gasteiger partial charge in [0.25, 0.3) is 0 Å². The fraction of sp³-hybridized carbons (Fsp3) is 0.571. The van der Waals surface area contributed by atoms with E-state index < -0.39 is 10.0 Å². The molecule has 4 rings (SSSR count). The largest absolute Gasteiger partial charge is 0.358 e. The van der Waals surface area contributed by atoms with Crippen LogP contribution in [0.1, 0.15) is 79.9 Å². The minimum absolute atomic E-state index is 0.0244. The first-order valence-electron chi connectivity index (χ1n) is 10.2. The molecule has 0 atom stereocenters. The Balaban J connectivity index is 1.75. The number of nitrogens with one attached hydrogen (secondary N) is 2. The number of hydrogen-bond donors (Lipinski definition) is 2. The van der Waals surface area contributed by atoms with Gasteiger partial charge >= 0.3 is 0 Å². The Kier molecular flexibility index (Phi) is 5.12. The zero-order valence-corrected chi connectivity index (χ0v) is 16.8. The topological polar surface area (TPSA) is 79.0 Å². The van der Waals surface area contributed by atoms with Gasteiger partial charge in [0, 0.05) is 34.6 Å². The summed E-state index contributed by atoms with van der Waals surface area (Å²) in [4.78, 5) is 16.1. The Morgan fingerprint density at radius 2 is 1.81 bits per heavy atom. The quantitative estimate of drug-likeness (QED) is 0.769. The van der Waals surface area contributed by atoms with Crippen molar-refractivity contribution in [3.05, 3.63) is 29.0 Å². The highest BCUT2D eigenvalue weighted by molar-refractivity contribution is 7.89. The van der Waals surface area contributed by atoms with Gasteiger partial charge in [0.2, 0.25) is 10.0 Å². The van der Waals surface area contributed by atoms with E-state index in [-0.39, 0.29) is 11.8 Å². The van der Waals surface area contributed by atoms with E-state index in [2.05, 4.69) is 9.71 Å². The van der Waals surface area contributed by atoms with Crippen LogP contribution in [0.2, 0.25) is 0 Å². The van der Waals surface area contributed by atoms with Crippen LogP contribution in [-0.4, -0.2) is 25.2 Å². The van der Waals surface area contributed by atoms with Gasteiger partial charge in [-0.3, -0.25) is 4.79 Å². The van der Waals surface area contributed by atoms with Crippen LogP contribution in [-0.2, 0) is 22.9 Å². The lowest BCUT2D eigenvalue weighted by Gasteiger charge is -2.18. The number of benzene rings is 1. The summed E-state index contributed by atoms with van der Waals surface area (Å²) in [6, 6.07) is 3.67. The van der Waals surface area contributed by atoms with E-state index in [9.17, 15) is 13.2 Å². The van der Waals surface area contributed by atoms with Gasteiger partial charge in [-0.15, -0.1) is 0 Å². The van der Waals surface area contributed by atoms with Crippen LogP contribution >= 0.6 is 0 Å². The van der Waals surface area contributed by atoms with Gasteiger partial charge in [0.05, 0.1) is 4.90 Å². The highest BCUT2D eigenvalue weighted by atomic mass is 32.2. The van der Waals surface area contributed by atoms with Crippen LogP contribution in [0.15, 0.2) is 17.0 Å². The number of carbonyl (C=O) groups is 1. The Hall–Kier alpha value is -1.66. The first-order valence-corrected chi connectivity index (χ1v) is 11.7. The van der Waals surface area contributed by atoms with Crippen molar-refractivity contribution in [2.24, 2.45) is 0 Å². The zero-order valence-electron chi connectivity index (χ0n) is 15.9. The number of aromatic nitrogens is 1. The average Bonchev–Trinajstić information content (AvgIpc) is 2.82. The van der Waals surface area contributed by atoms with Crippen molar-refractivity contribution >= 4 is 26.7 Å². The smallest absolute Gasteiger partial charge is 0.241 e. The maximum absolute atomic E-state index is 13.2. The van der Waals surface area contributed by atoms with Crippen molar-refractivity contribution in [1.29, 1.82) is 0 Å². The third-order valence-electron chi connectivity index (χ3n) is 6.01. The molecule has 1 aromatic heterocycles.